The van der Waals surface area contributed by atoms with Crippen molar-refractivity contribution >= 4 is 17.2 Å². The molecule has 2 heterocycles. The molecule has 2 aromatic rings. The van der Waals surface area contributed by atoms with Crippen molar-refractivity contribution < 1.29 is 4.79 Å². The largest absolute Gasteiger partial charge is 0.339 e. The molecule has 20 heavy (non-hydrogen) atoms. The van der Waals surface area contributed by atoms with Crippen molar-refractivity contribution in [2.75, 3.05) is 7.05 Å². The Morgan fingerprint density at radius 2 is 2.10 bits per heavy atom. The van der Waals surface area contributed by atoms with Crippen LogP contribution in [0.1, 0.15) is 4.88 Å². The molecule has 0 bridgehead atoms. The average Bonchev–Trinajstić information content (AvgIpc) is 2.91. The maximum Gasteiger partial charge on any atom is 0.331 e. The molecule has 0 unspecified atom stereocenters. The van der Waals surface area contributed by atoms with Crippen molar-refractivity contribution in [3.05, 3.63) is 55.5 Å². The second kappa shape index (κ2) is 5.87. The van der Waals surface area contributed by atoms with Crippen molar-refractivity contribution in [1.82, 2.24) is 14.0 Å². The predicted molar refractivity (Wildman–Crippen MR) is 76.7 cm³/mol. The summed E-state index contributed by atoms with van der Waals surface area (Å²) in [5.41, 5.74) is -0.957. The van der Waals surface area contributed by atoms with E-state index in [4.69, 9.17) is 0 Å². The summed E-state index contributed by atoms with van der Waals surface area (Å²) in [5, 5.41) is 1.94. The summed E-state index contributed by atoms with van der Waals surface area (Å²) in [7, 11) is 3.19. The molecule has 0 spiro atoms. The molecule has 7 heteroatoms. The van der Waals surface area contributed by atoms with Gasteiger partial charge in [0.25, 0.3) is 5.56 Å². The van der Waals surface area contributed by atoms with Gasteiger partial charge in [0, 0.05) is 31.2 Å². The number of thiophene rings is 1. The minimum Gasteiger partial charge on any atom is -0.339 e. The number of amides is 1. The summed E-state index contributed by atoms with van der Waals surface area (Å²) in [6.45, 7) is 0.229. The lowest BCUT2D eigenvalue weighted by molar-refractivity contribution is -0.131. The molecule has 0 saturated carbocycles. The highest BCUT2D eigenvalue weighted by Crippen LogP contribution is 2.10. The predicted octanol–water partition coefficient (Wildman–Crippen LogP) is 0.267. The van der Waals surface area contributed by atoms with Gasteiger partial charge in [0.1, 0.15) is 6.54 Å². The number of likely N-dealkylation sites (N-methyl/N-ethyl adjacent to an activating group) is 1. The van der Waals surface area contributed by atoms with Gasteiger partial charge < -0.3 is 9.47 Å². The van der Waals surface area contributed by atoms with Crippen LogP contribution in [0, 0.1) is 0 Å². The lowest BCUT2D eigenvalue weighted by Gasteiger charge is -2.16. The van der Waals surface area contributed by atoms with Crippen LogP contribution in [0.15, 0.2) is 39.4 Å². The summed E-state index contributed by atoms with van der Waals surface area (Å²) in [4.78, 5) is 38.1. The molecule has 0 fully saturated rings. The van der Waals surface area contributed by atoms with Crippen LogP contribution in [-0.4, -0.2) is 27.0 Å². The van der Waals surface area contributed by atoms with Crippen molar-refractivity contribution in [3.8, 4) is 0 Å². The van der Waals surface area contributed by atoms with Gasteiger partial charge in [-0.2, -0.15) is 0 Å². The Bertz CT molecular complexity index is 715. The summed E-state index contributed by atoms with van der Waals surface area (Å²) in [6, 6.07) is 5.12. The first-order chi connectivity index (χ1) is 9.49. The number of aryl methyl sites for hydroxylation is 1. The van der Waals surface area contributed by atoms with E-state index in [-0.39, 0.29) is 12.5 Å². The average molecular weight is 293 g/mol. The van der Waals surface area contributed by atoms with Crippen LogP contribution < -0.4 is 11.2 Å². The van der Waals surface area contributed by atoms with E-state index < -0.39 is 11.2 Å². The molecule has 0 aliphatic rings. The third-order valence-corrected chi connectivity index (χ3v) is 3.79. The number of nitrogens with zero attached hydrogens (tertiary/aromatic N) is 3. The molecule has 0 aromatic carbocycles. The SMILES string of the molecule is CN(Cc1cccs1)C(=O)Cn1c(=O)ccn(C)c1=O. The number of carbonyl (C=O) groups excluding carboxylic acids is 1. The van der Waals surface area contributed by atoms with Crippen molar-refractivity contribution in [3.63, 3.8) is 0 Å². The van der Waals surface area contributed by atoms with Gasteiger partial charge in [-0.3, -0.25) is 14.2 Å². The molecule has 2 rings (SSSR count). The van der Waals surface area contributed by atoms with Crippen LogP contribution in [0.4, 0.5) is 0 Å². The summed E-state index contributed by atoms with van der Waals surface area (Å²) in [6.07, 6.45) is 1.39. The first kappa shape index (κ1) is 14.3. The van der Waals surface area contributed by atoms with Gasteiger partial charge in [-0.05, 0) is 11.4 Å². The molecule has 0 aliphatic heterocycles. The molecule has 0 N–H and O–H groups in total. The van der Waals surface area contributed by atoms with E-state index in [0.717, 1.165) is 9.44 Å². The topological polar surface area (TPSA) is 64.3 Å². The Morgan fingerprint density at radius 1 is 1.35 bits per heavy atom. The van der Waals surface area contributed by atoms with Gasteiger partial charge >= 0.3 is 5.69 Å². The summed E-state index contributed by atoms with van der Waals surface area (Å²) in [5.74, 6) is -0.274. The molecule has 6 nitrogen and oxygen atoms in total. The van der Waals surface area contributed by atoms with Crippen LogP contribution in [-0.2, 0) is 24.9 Å². The minimum absolute atomic E-state index is 0.242. The Morgan fingerprint density at radius 3 is 2.75 bits per heavy atom. The minimum atomic E-state index is -0.490. The van der Waals surface area contributed by atoms with Crippen LogP contribution >= 0.6 is 11.3 Å². The van der Waals surface area contributed by atoms with Crippen LogP contribution in [0.2, 0.25) is 0 Å². The van der Waals surface area contributed by atoms with Gasteiger partial charge in [0.2, 0.25) is 5.91 Å². The number of rotatable bonds is 4. The van der Waals surface area contributed by atoms with E-state index in [1.54, 1.807) is 18.4 Å². The Kier molecular flexibility index (Phi) is 4.19. The van der Waals surface area contributed by atoms with Crippen molar-refractivity contribution in [2.45, 2.75) is 13.1 Å². The van der Waals surface area contributed by atoms with Crippen LogP contribution in [0.3, 0.4) is 0 Å². The second-order valence-electron chi connectivity index (χ2n) is 4.46. The van der Waals surface area contributed by atoms with Crippen molar-refractivity contribution in [1.29, 1.82) is 0 Å². The van der Waals surface area contributed by atoms with E-state index in [9.17, 15) is 14.4 Å². The lowest BCUT2D eigenvalue weighted by atomic mass is 10.4. The number of hydrogen-bond donors (Lipinski definition) is 0. The van der Waals surface area contributed by atoms with Gasteiger partial charge in [0.05, 0.1) is 6.54 Å². The van der Waals surface area contributed by atoms with Crippen LogP contribution in [0.5, 0.6) is 0 Å². The molecule has 0 radical (unpaired) electrons. The smallest absolute Gasteiger partial charge is 0.331 e. The highest BCUT2D eigenvalue weighted by atomic mass is 32.1. The highest BCUT2D eigenvalue weighted by molar-refractivity contribution is 7.09. The second-order valence-corrected chi connectivity index (χ2v) is 5.50. The van der Waals surface area contributed by atoms with E-state index in [1.165, 1.54) is 28.8 Å². The fourth-order valence-electron chi connectivity index (χ4n) is 1.74. The van der Waals surface area contributed by atoms with Gasteiger partial charge in [-0.25, -0.2) is 4.79 Å². The molecule has 2 aromatic heterocycles. The van der Waals surface area contributed by atoms with E-state index >= 15 is 0 Å². The lowest BCUT2D eigenvalue weighted by Crippen LogP contribution is -2.42. The zero-order valence-corrected chi connectivity index (χ0v) is 12.1. The van der Waals surface area contributed by atoms with Gasteiger partial charge in [-0.1, -0.05) is 6.07 Å². The summed E-state index contributed by atoms with van der Waals surface area (Å²) < 4.78 is 2.21. The van der Waals surface area contributed by atoms with Gasteiger partial charge in [-0.15, -0.1) is 11.3 Å². The summed E-state index contributed by atoms with van der Waals surface area (Å²) >= 11 is 1.56. The fourth-order valence-corrected chi connectivity index (χ4v) is 2.50. The molecule has 0 saturated heterocycles. The Labute approximate surface area is 119 Å². The maximum absolute atomic E-state index is 12.1. The zero-order valence-electron chi connectivity index (χ0n) is 11.3. The zero-order chi connectivity index (χ0) is 14.7. The first-order valence-corrected chi connectivity index (χ1v) is 6.90. The third kappa shape index (κ3) is 3.05. The first-order valence-electron chi connectivity index (χ1n) is 6.02. The highest BCUT2D eigenvalue weighted by Gasteiger charge is 2.13. The molecule has 0 aliphatic carbocycles. The Balaban J connectivity index is 2.14. The third-order valence-electron chi connectivity index (χ3n) is 2.93. The standard InChI is InChI=1S/C13H15N3O3S/c1-14-6-5-11(17)16(13(14)19)9-12(18)15(2)8-10-4-3-7-20-10/h3-7H,8-9H2,1-2H3. The molecular weight excluding hydrogens is 278 g/mol. The van der Waals surface area contributed by atoms with Gasteiger partial charge in [0.15, 0.2) is 0 Å². The number of hydrogen-bond acceptors (Lipinski definition) is 4. The monoisotopic (exact) mass is 293 g/mol. The number of aromatic nitrogens is 2. The normalized spacial score (nSPS) is 10.5. The van der Waals surface area contributed by atoms with Crippen molar-refractivity contribution in [2.24, 2.45) is 7.05 Å². The molecular formula is C13H15N3O3S. The molecule has 0 atom stereocenters. The van der Waals surface area contributed by atoms with E-state index in [2.05, 4.69) is 0 Å². The van der Waals surface area contributed by atoms with E-state index in [0.29, 0.717) is 6.54 Å². The van der Waals surface area contributed by atoms with E-state index in [1.807, 2.05) is 17.5 Å². The molecule has 1 amide bonds. The van der Waals surface area contributed by atoms with Crippen LogP contribution in [0.25, 0.3) is 0 Å². The number of carbonyl (C=O) groups is 1. The quantitative estimate of drug-likeness (QED) is 0.812. The maximum atomic E-state index is 12.1. The Hall–Kier alpha value is -2.15. The fraction of sp³-hybridized carbons (Fsp3) is 0.308. The molecule has 106 valence electrons.